The van der Waals surface area contributed by atoms with Gasteiger partial charge in [0.05, 0.1) is 5.56 Å². The predicted octanol–water partition coefficient (Wildman–Crippen LogP) is 3.56. The molecule has 0 radical (unpaired) electrons. The first kappa shape index (κ1) is 17.7. The Morgan fingerprint density at radius 3 is 2.67 bits per heavy atom. The average Bonchev–Trinajstić information content (AvgIpc) is 2.54. The number of nitrogens with one attached hydrogen (secondary N) is 1. The second-order valence-corrected chi connectivity index (χ2v) is 4.95. The number of amides is 1. The van der Waals surface area contributed by atoms with E-state index in [1.807, 2.05) is 0 Å². The fraction of sp³-hybridized carbons (Fsp3) is 0.250. The molecule has 0 unspecified atom stereocenters. The van der Waals surface area contributed by atoms with Gasteiger partial charge in [0.2, 0.25) is 0 Å². The number of aromatic nitrogens is 1. The van der Waals surface area contributed by atoms with E-state index >= 15 is 0 Å². The van der Waals surface area contributed by atoms with Crippen LogP contribution >= 0.6 is 0 Å². The Bertz CT molecular complexity index is 723. The fourth-order valence-corrected chi connectivity index (χ4v) is 1.91. The molecular formula is C16H14F4N2O2. The van der Waals surface area contributed by atoms with Crippen molar-refractivity contribution < 1.29 is 27.1 Å². The highest BCUT2D eigenvalue weighted by atomic mass is 19.3. The third kappa shape index (κ3) is 4.21. The highest BCUT2D eigenvalue weighted by Gasteiger charge is 2.44. The molecule has 24 heavy (non-hydrogen) atoms. The summed E-state index contributed by atoms with van der Waals surface area (Å²) in [5, 5.41) is 2.53. The summed E-state index contributed by atoms with van der Waals surface area (Å²) >= 11 is 0. The predicted molar refractivity (Wildman–Crippen MR) is 78.2 cm³/mol. The molecule has 0 fully saturated rings. The molecule has 8 heteroatoms. The highest BCUT2D eigenvalue weighted by molar-refractivity contribution is 5.96. The molecule has 1 amide bonds. The summed E-state index contributed by atoms with van der Waals surface area (Å²) in [5.74, 6) is -1.33. The number of para-hydroxylation sites is 1. The standard InChI is InChI=1S/C16H14F4N2O2/c1-10-8-21-7-6-11(10)9-22-14(23)12-4-2-3-5-13(12)24-16(19,20)15(17)18/h2-8,15H,9H2,1H3,(H,22,23). The number of hydrogen-bond donors (Lipinski definition) is 1. The van der Waals surface area contributed by atoms with E-state index < -0.39 is 24.2 Å². The summed E-state index contributed by atoms with van der Waals surface area (Å²) in [5.41, 5.74) is 1.37. The second kappa shape index (κ2) is 7.29. The Morgan fingerprint density at radius 2 is 2.00 bits per heavy atom. The van der Waals surface area contributed by atoms with Gasteiger partial charge in [-0.25, -0.2) is 0 Å². The van der Waals surface area contributed by atoms with Crippen LogP contribution < -0.4 is 10.1 Å². The summed E-state index contributed by atoms with van der Waals surface area (Å²) in [6, 6.07) is 6.66. The number of carbonyl (C=O) groups is 1. The number of halogens is 4. The minimum absolute atomic E-state index is 0.132. The topological polar surface area (TPSA) is 51.2 Å². The van der Waals surface area contributed by atoms with Crippen molar-refractivity contribution in [3.63, 3.8) is 0 Å². The third-order valence-corrected chi connectivity index (χ3v) is 3.21. The van der Waals surface area contributed by atoms with Gasteiger partial charge in [0, 0.05) is 18.9 Å². The van der Waals surface area contributed by atoms with E-state index in [1.165, 1.54) is 18.2 Å². The van der Waals surface area contributed by atoms with Crippen LogP contribution in [0.5, 0.6) is 5.75 Å². The lowest BCUT2D eigenvalue weighted by Crippen LogP contribution is -2.34. The Labute approximate surface area is 135 Å². The van der Waals surface area contributed by atoms with E-state index in [1.54, 1.807) is 25.4 Å². The van der Waals surface area contributed by atoms with Crippen molar-refractivity contribution in [1.29, 1.82) is 0 Å². The molecule has 0 saturated carbocycles. The van der Waals surface area contributed by atoms with Crippen molar-refractivity contribution in [1.82, 2.24) is 10.3 Å². The van der Waals surface area contributed by atoms with E-state index in [2.05, 4.69) is 15.0 Å². The summed E-state index contributed by atoms with van der Waals surface area (Å²) in [7, 11) is 0. The van der Waals surface area contributed by atoms with E-state index in [-0.39, 0.29) is 12.1 Å². The molecule has 4 nitrogen and oxygen atoms in total. The van der Waals surface area contributed by atoms with Crippen molar-refractivity contribution in [2.45, 2.75) is 26.0 Å². The fourth-order valence-electron chi connectivity index (χ4n) is 1.91. The molecule has 1 N–H and O–H groups in total. The van der Waals surface area contributed by atoms with Crippen molar-refractivity contribution in [2.24, 2.45) is 0 Å². The minimum Gasteiger partial charge on any atom is -0.427 e. The number of rotatable bonds is 6. The monoisotopic (exact) mass is 342 g/mol. The molecule has 0 aliphatic carbocycles. The zero-order chi connectivity index (χ0) is 17.7. The summed E-state index contributed by atoms with van der Waals surface area (Å²) in [6.07, 6.45) is -5.53. The van der Waals surface area contributed by atoms with Crippen molar-refractivity contribution in [3.05, 3.63) is 59.4 Å². The second-order valence-electron chi connectivity index (χ2n) is 4.95. The van der Waals surface area contributed by atoms with Gasteiger partial charge in [0.1, 0.15) is 5.75 Å². The van der Waals surface area contributed by atoms with Crippen molar-refractivity contribution in [3.8, 4) is 5.75 Å². The number of carbonyl (C=O) groups excluding carboxylic acids is 1. The lowest BCUT2D eigenvalue weighted by atomic mass is 10.1. The average molecular weight is 342 g/mol. The van der Waals surface area contributed by atoms with Gasteiger partial charge in [0.15, 0.2) is 0 Å². The smallest absolute Gasteiger partial charge is 0.427 e. The van der Waals surface area contributed by atoms with Crippen LogP contribution in [0.3, 0.4) is 0 Å². The highest BCUT2D eigenvalue weighted by Crippen LogP contribution is 2.29. The van der Waals surface area contributed by atoms with Crippen LogP contribution in [0.15, 0.2) is 42.7 Å². The molecular weight excluding hydrogens is 328 g/mol. The summed E-state index contributed by atoms with van der Waals surface area (Å²) in [6.45, 7) is 1.93. The maximum atomic E-state index is 13.1. The largest absolute Gasteiger partial charge is 0.461 e. The third-order valence-electron chi connectivity index (χ3n) is 3.21. The summed E-state index contributed by atoms with van der Waals surface area (Å²) in [4.78, 5) is 16.1. The van der Waals surface area contributed by atoms with Crippen LogP contribution in [-0.4, -0.2) is 23.4 Å². The van der Waals surface area contributed by atoms with E-state index in [9.17, 15) is 22.4 Å². The quantitative estimate of drug-likeness (QED) is 0.817. The summed E-state index contributed by atoms with van der Waals surface area (Å²) < 4.78 is 54.7. The number of hydrogen-bond acceptors (Lipinski definition) is 3. The van der Waals surface area contributed by atoms with Gasteiger partial charge in [-0.2, -0.15) is 17.6 Å². The van der Waals surface area contributed by atoms with Gasteiger partial charge >= 0.3 is 12.5 Å². The number of aryl methyl sites for hydroxylation is 1. The molecule has 2 aromatic rings. The number of alkyl halides is 4. The van der Waals surface area contributed by atoms with Gasteiger partial charge < -0.3 is 10.1 Å². The van der Waals surface area contributed by atoms with Crippen LogP contribution in [0.1, 0.15) is 21.5 Å². The Balaban J connectivity index is 2.14. The lowest BCUT2D eigenvalue weighted by Gasteiger charge is -2.18. The van der Waals surface area contributed by atoms with Crippen molar-refractivity contribution >= 4 is 5.91 Å². The SMILES string of the molecule is Cc1cnccc1CNC(=O)c1ccccc1OC(F)(F)C(F)F. The van der Waals surface area contributed by atoms with Crippen LogP contribution in [0.25, 0.3) is 0 Å². The van der Waals surface area contributed by atoms with E-state index in [0.717, 1.165) is 17.2 Å². The van der Waals surface area contributed by atoms with Gasteiger partial charge in [-0.15, -0.1) is 0 Å². The first-order chi connectivity index (χ1) is 11.3. The van der Waals surface area contributed by atoms with Crippen LogP contribution in [0.4, 0.5) is 17.6 Å². The minimum atomic E-state index is -4.68. The number of nitrogens with zero attached hydrogens (tertiary/aromatic N) is 1. The Kier molecular flexibility index (Phi) is 5.38. The van der Waals surface area contributed by atoms with Gasteiger partial charge in [-0.3, -0.25) is 9.78 Å². The molecule has 0 aliphatic heterocycles. The zero-order valence-electron chi connectivity index (χ0n) is 12.6. The molecule has 0 spiro atoms. The molecule has 0 atom stereocenters. The molecule has 128 valence electrons. The molecule has 1 heterocycles. The zero-order valence-corrected chi connectivity index (χ0v) is 12.6. The first-order valence-corrected chi connectivity index (χ1v) is 6.93. The molecule has 0 bridgehead atoms. The number of benzene rings is 1. The number of ether oxygens (including phenoxy) is 1. The van der Waals surface area contributed by atoms with E-state index in [0.29, 0.717) is 0 Å². The maximum absolute atomic E-state index is 13.1. The number of pyridine rings is 1. The normalized spacial score (nSPS) is 11.4. The first-order valence-electron chi connectivity index (χ1n) is 6.93. The van der Waals surface area contributed by atoms with Crippen molar-refractivity contribution in [2.75, 3.05) is 0 Å². The van der Waals surface area contributed by atoms with Gasteiger partial charge in [-0.1, -0.05) is 12.1 Å². The van der Waals surface area contributed by atoms with E-state index in [4.69, 9.17) is 0 Å². The Hall–Kier alpha value is -2.64. The maximum Gasteiger partial charge on any atom is 0.461 e. The molecule has 0 saturated heterocycles. The van der Waals surface area contributed by atoms with Crippen LogP contribution in [-0.2, 0) is 6.54 Å². The molecule has 2 rings (SSSR count). The Morgan fingerprint density at radius 1 is 1.29 bits per heavy atom. The molecule has 1 aromatic carbocycles. The molecule has 1 aromatic heterocycles. The molecule has 0 aliphatic rings. The lowest BCUT2D eigenvalue weighted by molar-refractivity contribution is -0.253. The van der Waals surface area contributed by atoms with Crippen LogP contribution in [0.2, 0.25) is 0 Å². The van der Waals surface area contributed by atoms with Gasteiger partial charge in [-0.05, 0) is 36.2 Å². The van der Waals surface area contributed by atoms with Gasteiger partial charge in [0.25, 0.3) is 5.91 Å². The van der Waals surface area contributed by atoms with Crippen LogP contribution in [0, 0.1) is 6.92 Å².